The maximum atomic E-state index is 11.9. The molecule has 21 heavy (non-hydrogen) atoms. The number of aromatic amines is 1. The highest BCUT2D eigenvalue weighted by Crippen LogP contribution is 2.18. The number of hydrogen-bond acceptors (Lipinski definition) is 6. The van der Waals surface area contributed by atoms with Crippen molar-refractivity contribution < 1.29 is 13.2 Å². The van der Waals surface area contributed by atoms with Crippen molar-refractivity contribution in [1.82, 2.24) is 15.2 Å². The summed E-state index contributed by atoms with van der Waals surface area (Å²) in [6.07, 6.45) is 1.09. The van der Waals surface area contributed by atoms with Gasteiger partial charge >= 0.3 is 0 Å². The molecule has 114 valence electrons. The molecular formula is C11H15N5O3S2. The topological polar surface area (TPSA) is 117 Å². The number of anilines is 2. The van der Waals surface area contributed by atoms with Crippen LogP contribution in [0, 0.1) is 13.8 Å². The third-order valence-electron chi connectivity index (χ3n) is 2.68. The lowest BCUT2D eigenvalue weighted by atomic mass is 10.2. The van der Waals surface area contributed by atoms with Crippen LogP contribution < -0.4 is 10.0 Å². The van der Waals surface area contributed by atoms with Gasteiger partial charge in [0.1, 0.15) is 0 Å². The second-order valence-corrected chi connectivity index (χ2v) is 7.17. The Morgan fingerprint density at radius 2 is 2.14 bits per heavy atom. The molecule has 2 rings (SSSR count). The average molecular weight is 329 g/mol. The number of hydrogen-bond donors (Lipinski definition) is 3. The van der Waals surface area contributed by atoms with Crippen molar-refractivity contribution in [3.05, 3.63) is 22.3 Å². The number of carbonyl (C=O) groups excluding carboxylic acids is 1. The van der Waals surface area contributed by atoms with E-state index in [0.29, 0.717) is 11.5 Å². The summed E-state index contributed by atoms with van der Waals surface area (Å²) in [6.45, 7) is 3.72. The Balaban J connectivity index is 1.99. The largest absolute Gasteiger partial charge is 0.309 e. The number of aryl methyl sites for hydroxylation is 1. The van der Waals surface area contributed by atoms with E-state index >= 15 is 0 Å². The van der Waals surface area contributed by atoms with Crippen molar-refractivity contribution >= 4 is 38.2 Å². The summed E-state index contributed by atoms with van der Waals surface area (Å²) in [6, 6.07) is 0. The van der Waals surface area contributed by atoms with E-state index in [-0.39, 0.29) is 17.5 Å². The van der Waals surface area contributed by atoms with Crippen molar-refractivity contribution in [3.8, 4) is 0 Å². The Morgan fingerprint density at radius 3 is 2.71 bits per heavy atom. The molecule has 0 bridgehead atoms. The molecule has 0 unspecified atom stereocenters. The second-order valence-electron chi connectivity index (χ2n) is 4.57. The van der Waals surface area contributed by atoms with Crippen molar-refractivity contribution in [2.75, 3.05) is 16.3 Å². The molecule has 2 aromatic rings. The van der Waals surface area contributed by atoms with E-state index in [1.807, 2.05) is 13.8 Å². The van der Waals surface area contributed by atoms with E-state index in [2.05, 4.69) is 25.2 Å². The molecule has 0 saturated heterocycles. The zero-order valence-corrected chi connectivity index (χ0v) is 13.4. The molecule has 0 aliphatic carbocycles. The van der Waals surface area contributed by atoms with E-state index in [0.717, 1.165) is 28.8 Å². The SMILES string of the molecule is Cc1[nH]nc(NC(=O)Cc2csc(NS(C)(=O)=O)n2)c1C. The Kier molecular flexibility index (Phi) is 4.28. The van der Waals surface area contributed by atoms with E-state index in [9.17, 15) is 13.2 Å². The van der Waals surface area contributed by atoms with Crippen LogP contribution in [0.25, 0.3) is 0 Å². The molecular weight excluding hydrogens is 314 g/mol. The number of nitrogens with zero attached hydrogens (tertiary/aromatic N) is 2. The van der Waals surface area contributed by atoms with Gasteiger partial charge in [-0.25, -0.2) is 13.4 Å². The van der Waals surface area contributed by atoms with Gasteiger partial charge in [0, 0.05) is 16.6 Å². The van der Waals surface area contributed by atoms with Crippen LogP contribution in [0.3, 0.4) is 0 Å². The third kappa shape index (κ3) is 4.26. The summed E-state index contributed by atoms with van der Waals surface area (Å²) in [5.41, 5.74) is 2.26. The minimum Gasteiger partial charge on any atom is -0.309 e. The fourth-order valence-corrected chi connectivity index (χ4v) is 3.10. The fourth-order valence-electron chi connectivity index (χ4n) is 1.54. The van der Waals surface area contributed by atoms with Gasteiger partial charge in [0.2, 0.25) is 15.9 Å². The lowest BCUT2D eigenvalue weighted by molar-refractivity contribution is -0.115. The number of H-pyrrole nitrogens is 1. The van der Waals surface area contributed by atoms with Gasteiger partial charge in [-0.2, -0.15) is 5.10 Å². The monoisotopic (exact) mass is 329 g/mol. The molecule has 1 amide bonds. The molecule has 8 nitrogen and oxygen atoms in total. The summed E-state index contributed by atoms with van der Waals surface area (Å²) in [5.74, 6) is 0.225. The first-order valence-electron chi connectivity index (χ1n) is 5.98. The number of rotatable bonds is 5. The predicted molar refractivity (Wildman–Crippen MR) is 81.0 cm³/mol. The molecule has 3 N–H and O–H groups in total. The molecule has 0 aromatic carbocycles. The Morgan fingerprint density at radius 1 is 1.43 bits per heavy atom. The number of aromatic nitrogens is 3. The second kappa shape index (κ2) is 5.82. The maximum absolute atomic E-state index is 11.9. The van der Waals surface area contributed by atoms with Gasteiger partial charge in [0.15, 0.2) is 10.9 Å². The van der Waals surface area contributed by atoms with Gasteiger partial charge in [0.05, 0.1) is 18.4 Å². The number of sulfonamides is 1. The maximum Gasteiger partial charge on any atom is 0.231 e. The minimum atomic E-state index is -3.36. The van der Waals surface area contributed by atoms with Crippen molar-refractivity contribution in [3.63, 3.8) is 0 Å². The molecule has 0 radical (unpaired) electrons. The Bertz CT molecular complexity index is 763. The number of thiazole rings is 1. The third-order valence-corrected chi connectivity index (χ3v) is 4.18. The minimum absolute atomic E-state index is 0.0489. The standard InChI is InChI=1S/C11H15N5O3S2/c1-6-7(2)14-15-10(6)13-9(17)4-8-5-20-11(12-8)16-21(3,18)19/h5H,4H2,1-3H3,(H,12,16)(H2,13,14,15,17). The summed E-state index contributed by atoms with van der Waals surface area (Å²) < 4.78 is 24.4. The van der Waals surface area contributed by atoms with Crippen molar-refractivity contribution in [2.24, 2.45) is 0 Å². The molecule has 2 aromatic heterocycles. The van der Waals surface area contributed by atoms with Crippen LogP contribution in [0.4, 0.5) is 10.9 Å². The van der Waals surface area contributed by atoms with E-state index in [1.54, 1.807) is 5.38 Å². The highest BCUT2D eigenvalue weighted by Gasteiger charge is 2.13. The molecule has 2 heterocycles. The van der Waals surface area contributed by atoms with Crippen LogP contribution in [-0.4, -0.2) is 35.8 Å². The van der Waals surface area contributed by atoms with Crippen molar-refractivity contribution in [1.29, 1.82) is 0 Å². The number of nitrogens with one attached hydrogen (secondary N) is 3. The van der Waals surface area contributed by atoms with Crippen LogP contribution >= 0.6 is 11.3 Å². The highest BCUT2D eigenvalue weighted by molar-refractivity contribution is 7.92. The van der Waals surface area contributed by atoms with Gasteiger partial charge in [-0.15, -0.1) is 11.3 Å². The first kappa shape index (κ1) is 15.4. The zero-order valence-electron chi connectivity index (χ0n) is 11.7. The molecule has 0 aliphatic rings. The quantitative estimate of drug-likeness (QED) is 0.757. The van der Waals surface area contributed by atoms with Gasteiger partial charge in [-0.1, -0.05) is 0 Å². The van der Waals surface area contributed by atoms with Crippen LogP contribution in [0.15, 0.2) is 5.38 Å². The van der Waals surface area contributed by atoms with Crippen molar-refractivity contribution in [2.45, 2.75) is 20.3 Å². The van der Waals surface area contributed by atoms with E-state index in [1.165, 1.54) is 0 Å². The lowest BCUT2D eigenvalue weighted by Gasteiger charge is -2.01. The number of carbonyl (C=O) groups is 1. The van der Waals surface area contributed by atoms with Gasteiger partial charge in [-0.3, -0.25) is 14.6 Å². The summed E-state index contributed by atoms with van der Waals surface area (Å²) >= 11 is 1.13. The highest BCUT2D eigenvalue weighted by atomic mass is 32.2. The molecule has 0 fully saturated rings. The van der Waals surface area contributed by atoms with Crippen LogP contribution in [0.1, 0.15) is 17.0 Å². The average Bonchev–Trinajstić information content (AvgIpc) is 2.89. The first-order valence-corrected chi connectivity index (χ1v) is 8.75. The smallest absolute Gasteiger partial charge is 0.231 e. The predicted octanol–water partition coefficient (Wildman–Crippen LogP) is 1.04. The van der Waals surface area contributed by atoms with Crippen LogP contribution in [0.5, 0.6) is 0 Å². The summed E-state index contributed by atoms with van der Waals surface area (Å²) in [4.78, 5) is 15.9. The first-order chi connectivity index (χ1) is 9.74. The van der Waals surface area contributed by atoms with E-state index in [4.69, 9.17) is 0 Å². The summed E-state index contributed by atoms with van der Waals surface area (Å²) in [7, 11) is -3.36. The van der Waals surface area contributed by atoms with Crippen LogP contribution in [-0.2, 0) is 21.2 Å². The van der Waals surface area contributed by atoms with Crippen LogP contribution in [0.2, 0.25) is 0 Å². The molecule has 0 atom stereocenters. The normalized spacial score (nSPS) is 11.4. The molecule has 0 spiro atoms. The molecule has 10 heteroatoms. The molecule has 0 saturated carbocycles. The molecule has 0 aliphatic heterocycles. The zero-order chi connectivity index (χ0) is 15.6. The Labute approximate surface area is 126 Å². The van der Waals surface area contributed by atoms with Gasteiger partial charge < -0.3 is 5.32 Å². The van der Waals surface area contributed by atoms with E-state index < -0.39 is 10.0 Å². The van der Waals surface area contributed by atoms with Gasteiger partial charge in [0.25, 0.3) is 0 Å². The summed E-state index contributed by atoms with van der Waals surface area (Å²) in [5, 5.41) is 11.3. The fraction of sp³-hybridized carbons (Fsp3) is 0.364. The van der Waals surface area contributed by atoms with Gasteiger partial charge in [-0.05, 0) is 13.8 Å². The Hall–Kier alpha value is -1.94. The number of amides is 1. The lowest BCUT2D eigenvalue weighted by Crippen LogP contribution is -2.15.